The van der Waals surface area contributed by atoms with Crippen LogP contribution in [0.25, 0.3) is 6.08 Å². The third-order valence-corrected chi connectivity index (χ3v) is 3.76. The van der Waals surface area contributed by atoms with E-state index in [1.165, 1.54) is 6.08 Å². The van der Waals surface area contributed by atoms with E-state index in [1.807, 2.05) is 31.2 Å². The Hall–Kier alpha value is -2.97. The molecule has 0 fully saturated rings. The van der Waals surface area contributed by atoms with E-state index in [-0.39, 0.29) is 12.4 Å². The molecule has 0 atom stereocenters. The highest BCUT2D eigenvalue weighted by Crippen LogP contribution is 2.37. The van der Waals surface area contributed by atoms with E-state index >= 15 is 0 Å². The van der Waals surface area contributed by atoms with Gasteiger partial charge >= 0.3 is 0 Å². The number of fused-ring (bicyclic) bond motifs is 1. The van der Waals surface area contributed by atoms with Gasteiger partial charge in [0.05, 0.1) is 5.02 Å². The number of halogens is 1. The molecule has 1 amide bonds. The van der Waals surface area contributed by atoms with E-state index in [2.05, 4.69) is 5.32 Å². The molecule has 6 heteroatoms. The van der Waals surface area contributed by atoms with Crippen molar-refractivity contribution in [2.24, 2.45) is 0 Å². The van der Waals surface area contributed by atoms with Crippen molar-refractivity contribution < 1.29 is 14.3 Å². The largest absolute Gasteiger partial charge is 0.454 e. The number of hydrogen-bond acceptors (Lipinski definition) is 4. The lowest BCUT2D eigenvalue weighted by Gasteiger charge is -2.06. The SMILES string of the molecule is Cc1cccc(NC(=O)/C(C#N)=C/c2cc3c(cc2Cl)OCO3)c1. The molecule has 0 aliphatic carbocycles. The molecule has 0 radical (unpaired) electrons. The first-order chi connectivity index (χ1) is 11.6. The van der Waals surface area contributed by atoms with Crippen LogP contribution in [-0.2, 0) is 4.79 Å². The fourth-order valence-corrected chi connectivity index (χ4v) is 2.48. The Morgan fingerprint density at radius 1 is 1.29 bits per heavy atom. The Bertz CT molecular complexity index is 884. The molecule has 1 N–H and O–H groups in total. The van der Waals surface area contributed by atoms with Gasteiger partial charge in [0, 0.05) is 11.8 Å². The van der Waals surface area contributed by atoms with Crippen LogP contribution in [0, 0.1) is 18.3 Å². The van der Waals surface area contributed by atoms with Crippen molar-refractivity contribution in [3.05, 3.63) is 58.1 Å². The smallest absolute Gasteiger partial charge is 0.266 e. The van der Waals surface area contributed by atoms with Crippen molar-refractivity contribution in [2.75, 3.05) is 12.1 Å². The van der Waals surface area contributed by atoms with Gasteiger partial charge in [-0.15, -0.1) is 0 Å². The summed E-state index contributed by atoms with van der Waals surface area (Å²) in [5, 5.41) is 12.4. The summed E-state index contributed by atoms with van der Waals surface area (Å²) >= 11 is 6.17. The number of nitrogens with zero attached hydrogens (tertiary/aromatic N) is 1. The summed E-state index contributed by atoms with van der Waals surface area (Å²) in [6.45, 7) is 2.04. The Balaban J connectivity index is 1.87. The van der Waals surface area contributed by atoms with Crippen LogP contribution in [0.2, 0.25) is 5.02 Å². The maximum atomic E-state index is 12.3. The first kappa shape index (κ1) is 15.9. The van der Waals surface area contributed by atoms with Crippen LogP contribution in [0.3, 0.4) is 0 Å². The van der Waals surface area contributed by atoms with Crippen LogP contribution in [0.1, 0.15) is 11.1 Å². The van der Waals surface area contributed by atoms with Crippen LogP contribution in [0.15, 0.2) is 42.0 Å². The number of ether oxygens (including phenoxy) is 2. The molecule has 2 aromatic rings. The van der Waals surface area contributed by atoms with Gasteiger partial charge in [0.2, 0.25) is 6.79 Å². The van der Waals surface area contributed by atoms with Crippen molar-refractivity contribution in [1.29, 1.82) is 5.26 Å². The van der Waals surface area contributed by atoms with Gasteiger partial charge in [-0.2, -0.15) is 5.26 Å². The minimum absolute atomic E-state index is 0.0581. The van der Waals surface area contributed by atoms with Crippen LogP contribution >= 0.6 is 11.6 Å². The molecule has 0 bridgehead atoms. The number of carbonyl (C=O) groups excluding carboxylic acids is 1. The second-order valence-corrected chi connectivity index (χ2v) is 5.63. The number of rotatable bonds is 3. The van der Waals surface area contributed by atoms with E-state index in [9.17, 15) is 10.1 Å². The van der Waals surface area contributed by atoms with Crippen LogP contribution in [0.5, 0.6) is 11.5 Å². The lowest BCUT2D eigenvalue weighted by molar-refractivity contribution is -0.112. The summed E-state index contributed by atoms with van der Waals surface area (Å²) in [5.41, 5.74) is 2.08. The maximum absolute atomic E-state index is 12.3. The summed E-state index contributed by atoms with van der Waals surface area (Å²) in [4.78, 5) is 12.3. The molecular formula is C18H13ClN2O3. The van der Waals surface area contributed by atoms with Gasteiger partial charge in [-0.05, 0) is 42.3 Å². The predicted octanol–water partition coefficient (Wildman–Crippen LogP) is 3.92. The zero-order valence-corrected chi connectivity index (χ0v) is 13.6. The van der Waals surface area contributed by atoms with Crippen molar-refractivity contribution in [3.8, 4) is 17.6 Å². The van der Waals surface area contributed by atoms with Gasteiger partial charge in [-0.3, -0.25) is 4.79 Å². The van der Waals surface area contributed by atoms with E-state index in [4.69, 9.17) is 21.1 Å². The summed E-state index contributed by atoms with van der Waals surface area (Å²) < 4.78 is 10.5. The molecule has 1 aliphatic heterocycles. The van der Waals surface area contributed by atoms with Crippen LogP contribution in [0.4, 0.5) is 5.69 Å². The molecule has 120 valence electrons. The molecule has 1 heterocycles. The number of nitrogens with one attached hydrogen (secondary N) is 1. The summed E-state index contributed by atoms with van der Waals surface area (Å²) in [7, 11) is 0. The number of nitriles is 1. The maximum Gasteiger partial charge on any atom is 0.266 e. The highest BCUT2D eigenvalue weighted by molar-refractivity contribution is 6.32. The number of amides is 1. The summed E-state index contributed by atoms with van der Waals surface area (Å²) in [5.74, 6) is 0.568. The number of hydrogen-bond donors (Lipinski definition) is 1. The Labute approximate surface area is 144 Å². The van der Waals surface area contributed by atoms with Gasteiger partial charge in [-0.1, -0.05) is 23.7 Å². The molecule has 0 spiro atoms. The molecule has 24 heavy (non-hydrogen) atoms. The molecule has 1 aliphatic rings. The topological polar surface area (TPSA) is 71.4 Å². The van der Waals surface area contributed by atoms with Gasteiger partial charge in [0.1, 0.15) is 11.6 Å². The van der Waals surface area contributed by atoms with E-state index in [1.54, 1.807) is 18.2 Å². The summed E-state index contributed by atoms with van der Waals surface area (Å²) in [6, 6.07) is 12.5. The molecule has 0 unspecified atom stereocenters. The first-order valence-corrected chi connectivity index (χ1v) is 7.53. The highest BCUT2D eigenvalue weighted by atomic mass is 35.5. The van der Waals surface area contributed by atoms with Crippen molar-refractivity contribution in [2.45, 2.75) is 6.92 Å². The standard InChI is InChI=1S/C18H13ClN2O3/c1-11-3-2-4-14(5-11)21-18(22)13(9-20)6-12-7-16-17(8-15(12)19)24-10-23-16/h2-8H,10H2,1H3,(H,21,22)/b13-6+. The van der Waals surface area contributed by atoms with Crippen molar-refractivity contribution >= 4 is 29.3 Å². The fraction of sp³-hybridized carbons (Fsp3) is 0.111. The quantitative estimate of drug-likeness (QED) is 0.679. The third kappa shape index (κ3) is 3.34. The second kappa shape index (κ2) is 6.65. The zero-order chi connectivity index (χ0) is 17.1. The van der Waals surface area contributed by atoms with Crippen molar-refractivity contribution in [1.82, 2.24) is 0 Å². The molecule has 5 nitrogen and oxygen atoms in total. The first-order valence-electron chi connectivity index (χ1n) is 7.16. The number of benzene rings is 2. The van der Waals surface area contributed by atoms with Crippen LogP contribution in [-0.4, -0.2) is 12.7 Å². The molecule has 2 aromatic carbocycles. The summed E-state index contributed by atoms with van der Waals surface area (Å²) in [6.07, 6.45) is 1.43. The molecule has 0 saturated carbocycles. The monoisotopic (exact) mass is 340 g/mol. The number of anilines is 1. The van der Waals surface area contributed by atoms with E-state index in [0.717, 1.165) is 5.56 Å². The fourth-order valence-electron chi connectivity index (χ4n) is 2.27. The van der Waals surface area contributed by atoms with Gasteiger partial charge in [0.25, 0.3) is 5.91 Å². The molecule has 3 rings (SSSR count). The Morgan fingerprint density at radius 2 is 2.04 bits per heavy atom. The third-order valence-electron chi connectivity index (χ3n) is 3.43. The zero-order valence-electron chi connectivity index (χ0n) is 12.8. The van der Waals surface area contributed by atoms with E-state index < -0.39 is 5.91 Å². The Kier molecular flexibility index (Phi) is 4.41. The van der Waals surface area contributed by atoms with Gasteiger partial charge in [0.15, 0.2) is 11.5 Å². The van der Waals surface area contributed by atoms with E-state index in [0.29, 0.717) is 27.8 Å². The normalized spacial score (nSPS) is 12.6. The number of carbonyl (C=O) groups is 1. The second-order valence-electron chi connectivity index (χ2n) is 5.22. The Morgan fingerprint density at radius 3 is 2.75 bits per heavy atom. The molecule has 0 saturated heterocycles. The van der Waals surface area contributed by atoms with Crippen LogP contribution < -0.4 is 14.8 Å². The molecule has 0 aromatic heterocycles. The lowest BCUT2D eigenvalue weighted by Crippen LogP contribution is -2.13. The lowest BCUT2D eigenvalue weighted by atomic mass is 10.1. The highest BCUT2D eigenvalue weighted by Gasteiger charge is 2.17. The average Bonchev–Trinajstić information content (AvgIpc) is 2.99. The van der Waals surface area contributed by atoms with Gasteiger partial charge < -0.3 is 14.8 Å². The van der Waals surface area contributed by atoms with Gasteiger partial charge in [-0.25, -0.2) is 0 Å². The average molecular weight is 341 g/mol. The number of aryl methyl sites for hydroxylation is 1. The van der Waals surface area contributed by atoms with Crippen molar-refractivity contribution in [3.63, 3.8) is 0 Å². The molecular weight excluding hydrogens is 328 g/mol. The minimum atomic E-state index is -0.503. The minimum Gasteiger partial charge on any atom is -0.454 e. The predicted molar refractivity (Wildman–Crippen MR) is 91.0 cm³/mol.